The lowest BCUT2D eigenvalue weighted by Crippen LogP contribution is -2.42. The van der Waals surface area contributed by atoms with E-state index in [1.165, 1.54) is 0 Å². The van der Waals surface area contributed by atoms with Gasteiger partial charge in [0.15, 0.2) is 0 Å². The first-order chi connectivity index (χ1) is 9.46. The van der Waals surface area contributed by atoms with Gasteiger partial charge in [-0.15, -0.1) is 12.4 Å². The minimum absolute atomic E-state index is 0. The van der Waals surface area contributed by atoms with Crippen LogP contribution in [0, 0.1) is 5.92 Å². The number of nitrogens with zero attached hydrogens (tertiary/aromatic N) is 1. The van der Waals surface area contributed by atoms with Crippen molar-refractivity contribution in [2.75, 3.05) is 13.1 Å². The Balaban J connectivity index is 0.00000220. The second-order valence-corrected chi connectivity index (χ2v) is 7.47. The topological polar surface area (TPSA) is 63.4 Å². The van der Waals surface area contributed by atoms with Crippen molar-refractivity contribution in [3.63, 3.8) is 0 Å². The Morgan fingerprint density at radius 2 is 1.86 bits per heavy atom. The van der Waals surface area contributed by atoms with Gasteiger partial charge < -0.3 is 5.73 Å². The highest BCUT2D eigenvalue weighted by molar-refractivity contribution is 7.89. The molecule has 1 atom stereocenters. The molecular formula is C15H25ClN2O2S. The van der Waals surface area contributed by atoms with Gasteiger partial charge in [-0.1, -0.05) is 25.1 Å². The van der Waals surface area contributed by atoms with E-state index < -0.39 is 10.0 Å². The number of halogens is 1. The van der Waals surface area contributed by atoms with Crippen LogP contribution in [-0.4, -0.2) is 31.9 Å². The zero-order chi connectivity index (χ0) is 14.8. The van der Waals surface area contributed by atoms with Crippen LogP contribution in [0.3, 0.4) is 0 Å². The number of hydrogen-bond donors (Lipinski definition) is 1. The van der Waals surface area contributed by atoms with Crippen molar-refractivity contribution < 1.29 is 8.42 Å². The van der Waals surface area contributed by atoms with Crippen LogP contribution in [-0.2, 0) is 16.4 Å². The van der Waals surface area contributed by atoms with Crippen LogP contribution in [0.4, 0.5) is 0 Å². The molecule has 2 rings (SSSR count). The monoisotopic (exact) mass is 332 g/mol. The van der Waals surface area contributed by atoms with E-state index >= 15 is 0 Å². The summed E-state index contributed by atoms with van der Waals surface area (Å²) in [6, 6.07) is 7.43. The van der Waals surface area contributed by atoms with Crippen LogP contribution in [0.15, 0.2) is 29.2 Å². The summed E-state index contributed by atoms with van der Waals surface area (Å²) in [5.41, 5.74) is 6.80. The minimum Gasteiger partial charge on any atom is -0.328 e. The molecule has 0 amide bonds. The smallest absolute Gasteiger partial charge is 0.243 e. The van der Waals surface area contributed by atoms with Gasteiger partial charge >= 0.3 is 0 Å². The van der Waals surface area contributed by atoms with Crippen molar-refractivity contribution in [3.8, 4) is 0 Å². The standard InChI is InChI=1S/C15H24N2O2S.ClH/c1-3-13-6-4-5-7-15(13)20(18,19)17-10-8-14(9-11-17)12(2)16;/h4-7,12,14H,3,8-11,16H2,1-2H3;1H. The van der Waals surface area contributed by atoms with Crippen LogP contribution in [0.5, 0.6) is 0 Å². The Hall–Kier alpha value is -0.620. The SMILES string of the molecule is CCc1ccccc1S(=O)(=O)N1CCC(C(C)N)CC1.Cl. The van der Waals surface area contributed by atoms with E-state index in [9.17, 15) is 8.42 Å². The molecule has 120 valence electrons. The van der Waals surface area contributed by atoms with E-state index in [1.807, 2.05) is 26.0 Å². The molecule has 0 saturated carbocycles. The minimum atomic E-state index is -3.36. The van der Waals surface area contributed by atoms with E-state index in [0.29, 0.717) is 23.9 Å². The highest BCUT2D eigenvalue weighted by Gasteiger charge is 2.31. The van der Waals surface area contributed by atoms with E-state index in [4.69, 9.17) is 5.73 Å². The summed E-state index contributed by atoms with van der Waals surface area (Å²) in [5, 5.41) is 0. The van der Waals surface area contributed by atoms with Crippen LogP contribution in [0.1, 0.15) is 32.3 Å². The van der Waals surface area contributed by atoms with Gasteiger partial charge in [0.1, 0.15) is 0 Å². The fraction of sp³-hybridized carbons (Fsp3) is 0.600. The number of aryl methyl sites for hydroxylation is 1. The molecule has 1 aromatic carbocycles. The van der Waals surface area contributed by atoms with Crippen LogP contribution < -0.4 is 5.73 Å². The number of rotatable bonds is 4. The molecule has 21 heavy (non-hydrogen) atoms. The maximum atomic E-state index is 12.7. The summed E-state index contributed by atoms with van der Waals surface area (Å²) >= 11 is 0. The molecule has 1 aliphatic rings. The summed E-state index contributed by atoms with van der Waals surface area (Å²) in [4.78, 5) is 0.460. The van der Waals surface area contributed by atoms with E-state index in [1.54, 1.807) is 16.4 Å². The summed E-state index contributed by atoms with van der Waals surface area (Å²) in [5.74, 6) is 0.433. The van der Waals surface area contributed by atoms with Crippen molar-refractivity contribution >= 4 is 22.4 Å². The molecule has 0 bridgehead atoms. The van der Waals surface area contributed by atoms with Gasteiger partial charge in [-0.25, -0.2) is 8.42 Å². The molecule has 1 fully saturated rings. The van der Waals surface area contributed by atoms with Crippen LogP contribution in [0.2, 0.25) is 0 Å². The largest absolute Gasteiger partial charge is 0.328 e. The molecule has 2 N–H and O–H groups in total. The van der Waals surface area contributed by atoms with Gasteiger partial charge in [0.25, 0.3) is 0 Å². The highest BCUT2D eigenvalue weighted by atomic mass is 35.5. The molecule has 0 spiro atoms. The lowest BCUT2D eigenvalue weighted by atomic mass is 9.92. The molecule has 6 heteroatoms. The third-order valence-corrected chi connectivity index (χ3v) is 6.21. The van der Waals surface area contributed by atoms with Gasteiger partial charge in [-0.05, 0) is 43.7 Å². The second kappa shape index (κ2) is 7.58. The predicted molar refractivity (Wildman–Crippen MR) is 88.2 cm³/mol. The third-order valence-electron chi connectivity index (χ3n) is 4.21. The van der Waals surface area contributed by atoms with Gasteiger partial charge in [-0.2, -0.15) is 4.31 Å². The van der Waals surface area contributed by atoms with Crippen LogP contribution in [0.25, 0.3) is 0 Å². The molecule has 1 aromatic rings. The quantitative estimate of drug-likeness (QED) is 0.921. The van der Waals surface area contributed by atoms with Crippen molar-refractivity contribution in [2.24, 2.45) is 11.7 Å². The maximum Gasteiger partial charge on any atom is 0.243 e. The molecule has 1 aliphatic heterocycles. The zero-order valence-electron chi connectivity index (χ0n) is 12.7. The lowest BCUT2D eigenvalue weighted by molar-refractivity contribution is 0.250. The number of benzene rings is 1. The predicted octanol–water partition coefficient (Wildman–Crippen LogP) is 2.42. The van der Waals surface area contributed by atoms with Crippen molar-refractivity contribution in [1.82, 2.24) is 4.31 Å². The van der Waals surface area contributed by atoms with Gasteiger partial charge in [0.05, 0.1) is 4.90 Å². The fourth-order valence-corrected chi connectivity index (χ4v) is 4.59. The average Bonchev–Trinajstić information content (AvgIpc) is 2.47. The Morgan fingerprint density at radius 3 is 2.38 bits per heavy atom. The molecule has 1 heterocycles. The first-order valence-electron chi connectivity index (χ1n) is 7.30. The zero-order valence-corrected chi connectivity index (χ0v) is 14.3. The summed E-state index contributed by atoms with van der Waals surface area (Å²) < 4.78 is 27.1. The normalized spacial score (nSPS) is 19.0. The number of nitrogens with two attached hydrogens (primary N) is 1. The Labute approximate surface area is 134 Å². The van der Waals surface area contributed by atoms with Gasteiger partial charge in [-0.3, -0.25) is 0 Å². The molecule has 0 aliphatic carbocycles. The number of hydrogen-bond acceptors (Lipinski definition) is 3. The van der Waals surface area contributed by atoms with E-state index in [-0.39, 0.29) is 18.4 Å². The summed E-state index contributed by atoms with van der Waals surface area (Å²) in [7, 11) is -3.36. The molecule has 4 nitrogen and oxygen atoms in total. The Bertz CT molecular complexity index is 553. The first-order valence-corrected chi connectivity index (χ1v) is 8.74. The molecular weight excluding hydrogens is 308 g/mol. The van der Waals surface area contributed by atoms with Gasteiger partial charge in [0.2, 0.25) is 10.0 Å². The summed E-state index contributed by atoms with van der Waals surface area (Å²) in [6.07, 6.45) is 2.43. The molecule has 0 radical (unpaired) electrons. The molecule has 1 saturated heterocycles. The van der Waals surface area contributed by atoms with E-state index in [0.717, 1.165) is 24.8 Å². The average molecular weight is 333 g/mol. The lowest BCUT2D eigenvalue weighted by Gasteiger charge is -2.33. The number of sulfonamides is 1. The van der Waals surface area contributed by atoms with Gasteiger partial charge in [0, 0.05) is 19.1 Å². The second-order valence-electron chi connectivity index (χ2n) is 5.56. The maximum absolute atomic E-state index is 12.7. The Morgan fingerprint density at radius 1 is 1.29 bits per heavy atom. The van der Waals surface area contributed by atoms with Crippen molar-refractivity contribution in [2.45, 2.75) is 44.0 Å². The highest BCUT2D eigenvalue weighted by Crippen LogP contribution is 2.26. The molecule has 0 aromatic heterocycles. The van der Waals surface area contributed by atoms with Crippen molar-refractivity contribution in [1.29, 1.82) is 0 Å². The Kier molecular flexibility index (Phi) is 6.66. The fourth-order valence-electron chi connectivity index (χ4n) is 2.83. The first kappa shape index (κ1) is 18.4. The van der Waals surface area contributed by atoms with Crippen LogP contribution >= 0.6 is 12.4 Å². The number of piperidine rings is 1. The summed E-state index contributed by atoms with van der Waals surface area (Å²) in [6.45, 7) is 5.14. The van der Waals surface area contributed by atoms with Crippen molar-refractivity contribution in [3.05, 3.63) is 29.8 Å². The molecule has 1 unspecified atom stereocenters. The van der Waals surface area contributed by atoms with E-state index in [2.05, 4.69) is 0 Å². The third kappa shape index (κ3) is 3.97.